The number of carbonyl (C=O) groups excluding carboxylic acids is 2. The average molecular weight is 367 g/mol. The zero-order valence-corrected chi connectivity index (χ0v) is 14.1. The molecule has 6 heteroatoms. The lowest BCUT2D eigenvalue weighted by Gasteiger charge is -2.16. The monoisotopic (exact) mass is 366 g/mol. The second kappa shape index (κ2) is 6.87. The van der Waals surface area contributed by atoms with Crippen LogP contribution in [0.3, 0.4) is 0 Å². The quantitative estimate of drug-likeness (QED) is 0.895. The topological polar surface area (TPSA) is 49.4 Å². The van der Waals surface area contributed by atoms with Crippen LogP contribution in [0.1, 0.15) is 22.2 Å². The van der Waals surface area contributed by atoms with Gasteiger partial charge >= 0.3 is 0 Å². The van der Waals surface area contributed by atoms with Crippen molar-refractivity contribution in [3.05, 3.63) is 50.6 Å². The number of hydrogen-bond acceptors (Lipinski definition) is 3. The summed E-state index contributed by atoms with van der Waals surface area (Å²) in [7, 11) is 1.76. The second-order valence-electron chi connectivity index (χ2n) is 4.63. The Balaban J connectivity index is 2.09. The number of rotatable bonds is 4. The number of thiophene rings is 1. The summed E-state index contributed by atoms with van der Waals surface area (Å²) in [4.78, 5) is 26.2. The molecule has 1 aromatic heterocycles. The average Bonchev–Trinajstić information content (AvgIpc) is 2.82. The Bertz CT molecular complexity index is 669. The highest BCUT2D eigenvalue weighted by atomic mass is 79.9. The smallest absolute Gasteiger partial charge is 0.253 e. The van der Waals surface area contributed by atoms with Crippen LogP contribution in [-0.2, 0) is 11.3 Å². The Kier molecular flexibility index (Phi) is 5.14. The lowest BCUT2D eigenvalue weighted by atomic mass is 10.1. The number of benzene rings is 1. The molecular formula is C15H15BrN2O2S. The molecule has 0 aliphatic heterocycles. The first-order valence-corrected chi connectivity index (χ1v) is 7.94. The lowest BCUT2D eigenvalue weighted by molar-refractivity contribution is -0.114. The fourth-order valence-corrected chi connectivity index (χ4v) is 3.43. The van der Waals surface area contributed by atoms with E-state index in [0.717, 1.165) is 8.66 Å². The standard InChI is InChI=1S/C15H15BrN2O2S/c1-10(19)17-12-5-3-4-11(8-12)15(20)18(2)9-13-6-7-14(16)21-13/h3-8H,9H2,1-2H3,(H,17,19). The van der Waals surface area contributed by atoms with E-state index in [1.165, 1.54) is 6.92 Å². The van der Waals surface area contributed by atoms with Gasteiger partial charge in [0.15, 0.2) is 0 Å². The van der Waals surface area contributed by atoms with Gasteiger partial charge in [-0.3, -0.25) is 9.59 Å². The molecule has 0 unspecified atom stereocenters. The Labute approximate surface area is 135 Å². The van der Waals surface area contributed by atoms with Gasteiger partial charge in [0.1, 0.15) is 0 Å². The Morgan fingerprint density at radius 3 is 2.67 bits per heavy atom. The van der Waals surface area contributed by atoms with Crippen LogP contribution in [-0.4, -0.2) is 23.8 Å². The van der Waals surface area contributed by atoms with Crippen LogP contribution in [0.15, 0.2) is 40.2 Å². The molecule has 0 aliphatic rings. The fraction of sp³-hybridized carbons (Fsp3) is 0.200. The predicted octanol–water partition coefficient (Wildman–Crippen LogP) is 3.74. The van der Waals surface area contributed by atoms with Crippen molar-refractivity contribution in [2.24, 2.45) is 0 Å². The molecule has 0 spiro atoms. The summed E-state index contributed by atoms with van der Waals surface area (Å²) in [6.07, 6.45) is 0. The summed E-state index contributed by atoms with van der Waals surface area (Å²) in [5, 5.41) is 2.68. The van der Waals surface area contributed by atoms with Gasteiger partial charge < -0.3 is 10.2 Å². The van der Waals surface area contributed by atoms with Gasteiger partial charge in [0.2, 0.25) is 5.91 Å². The van der Waals surface area contributed by atoms with Crippen LogP contribution < -0.4 is 5.32 Å². The summed E-state index contributed by atoms with van der Waals surface area (Å²) >= 11 is 5.02. The zero-order chi connectivity index (χ0) is 15.4. The Hall–Kier alpha value is -1.66. The minimum atomic E-state index is -0.156. The number of halogens is 1. The molecule has 0 radical (unpaired) electrons. The summed E-state index contributed by atoms with van der Waals surface area (Å²) in [5.74, 6) is -0.233. The summed E-state index contributed by atoms with van der Waals surface area (Å²) in [6.45, 7) is 1.99. The van der Waals surface area contributed by atoms with E-state index < -0.39 is 0 Å². The Morgan fingerprint density at radius 2 is 2.05 bits per heavy atom. The zero-order valence-electron chi connectivity index (χ0n) is 11.7. The number of carbonyl (C=O) groups is 2. The van der Waals surface area contributed by atoms with Crippen molar-refractivity contribution in [2.75, 3.05) is 12.4 Å². The van der Waals surface area contributed by atoms with E-state index >= 15 is 0 Å². The molecule has 0 aliphatic carbocycles. The maximum Gasteiger partial charge on any atom is 0.253 e. The van der Waals surface area contributed by atoms with Crippen LogP contribution in [0, 0.1) is 0 Å². The molecule has 21 heavy (non-hydrogen) atoms. The molecule has 1 heterocycles. The molecule has 0 bridgehead atoms. The number of nitrogens with zero attached hydrogens (tertiary/aromatic N) is 1. The van der Waals surface area contributed by atoms with E-state index in [9.17, 15) is 9.59 Å². The largest absolute Gasteiger partial charge is 0.337 e. The highest BCUT2D eigenvalue weighted by Crippen LogP contribution is 2.23. The molecule has 2 amide bonds. The molecule has 0 saturated carbocycles. The van der Waals surface area contributed by atoms with E-state index in [4.69, 9.17) is 0 Å². The SMILES string of the molecule is CC(=O)Nc1cccc(C(=O)N(C)Cc2ccc(Br)s2)c1. The Morgan fingerprint density at radius 1 is 1.29 bits per heavy atom. The molecular weight excluding hydrogens is 352 g/mol. The number of amides is 2. The van der Waals surface area contributed by atoms with Gasteiger partial charge in [0.25, 0.3) is 5.91 Å². The molecule has 0 fully saturated rings. The van der Waals surface area contributed by atoms with Crippen LogP contribution in [0.25, 0.3) is 0 Å². The predicted molar refractivity (Wildman–Crippen MR) is 88.6 cm³/mol. The van der Waals surface area contributed by atoms with Gasteiger partial charge in [-0.05, 0) is 46.3 Å². The van der Waals surface area contributed by atoms with Crippen molar-refractivity contribution in [3.63, 3.8) is 0 Å². The number of anilines is 1. The second-order valence-corrected chi connectivity index (χ2v) is 7.18. The maximum absolute atomic E-state index is 12.4. The van der Waals surface area contributed by atoms with Crippen molar-refractivity contribution in [1.29, 1.82) is 0 Å². The third-order valence-corrected chi connectivity index (χ3v) is 4.41. The normalized spacial score (nSPS) is 10.2. The van der Waals surface area contributed by atoms with Gasteiger partial charge in [0.05, 0.1) is 10.3 Å². The summed E-state index contributed by atoms with van der Waals surface area (Å²) in [6, 6.07) is 10.9. The van der Waals surface area contributed by atoms with Crippen molar-refractivity contribution < 1.29 is 9.59 Å². The van der Waals surface area contributed by atoms with Gasteiger partial charge in [-0.15, -0.1) is 11.3 Å². The molecule has 0 atom stereocenters. The lowest BCUT2D eigenvalue weighted by Crippen LogP contribution is -2.25. The molecule has 110 valence electrons. The van der Waals surface area contributed by atoms with E-state index in [1.54, 1.807) is 47.5 Å². The third-order valence-electron chi connectivity index (χ3n) is 2.80. The van der Waals surface area contributed by atoms with Gasteiger partial charge in [0, 0.05) is 30.1 Å². The summed E-state index contributed by atoms with van der Waals surface area (Å²) < 4.78 is 1.05. The van der Waals surface area contributed by atoms with Crippen molar-refractivity contribution in [3.8, 4) is 0 Å². The van der Waals surface area contributed by atoms with E-state index in [2.05, 4.69) is 21.2 Å². The van der Waals surface area contributed by atoms with Crippen LogP contribution >= 0.6 is 27.3 Å². The highest BCUT2D eigenvalue weighted by Gasteiger charge is 2.13. The van der Waals surface area contributed by atoms with Crippen LogP contribution in [0.2, 0.25) is 0 Å². The minimum absolute atomic E-state index is 0.0771. The van der Waals surface area contributed by atoms with E-state index in [0.29, 0.717) is 17.8 Å². The summed E-state index contributed by atoms with van der Waals surface area (Å²) in [5.41, 5.74) is 1.18. The first-order valence-electron chi connectivity index (χ1n) is 6.33. The van der Waals surface area contributed by atoms with Crippen molar-refractivity contribution >= 4 is 44.8 Å². The van der Waals surface area contributed by atoms with Gasteiger partial charge in [-0.1, -0.05) is 6.07 Å². The molecule has 0 saturated heterocycles. The molecule has 1 N–H and O–H groups in total. The number of hydrogen-bond donors (Lipinski definition) is 1. The molecule has 2 aromatic rings. The molecule has 1 aromatic carbocycles. The van der Waals surface area contributed by atoms with Gasteiger partial charge in [-0.2, -0.15) is 0 Å². The molecule has 4 nitrogen and oxygen atoms in total. The first-order chi connectivity index (χ1) is 9.95. The van der Waals surface area contributed by atoms with Crippen molar-refractivity contribution in [2.45, 2.75) is 13.5 Å². The first kappa shape index (κ1) is 15.7. The van der Waals surface area contributed by atoms with E-state index in [-0.39, 0.29) is 11.8 Å². The fourth-order valence-electron chi connectivity index (χ4n) is 1.90. The third kappa shape index (κ3) is 4.41. The van der Waals surface area contributed by atoms with Crippen LogP contribution in [0.5, 0.6) is 0 Å². The maximum atomic E-state index is 12.4. The highest BCUT2D eigenvalue weighted by molar-refractivity contribution is 9.11. The van der Waals surface area contributed by atoms with Crippen molar-refractivity contribution in [1.82, 2.24) is 4.90 Å². The van der Waals surface area contributed by atoms with E-state index in [1.807, 2.05) is 12.1 Å². The minimum Gasteiger partial charge on any atom is -0.337 e. The van der Waals surface area contributed by atoms with Gasteiger partial charge in [-0.25, -0.2) is 0 Å². The number of nitrogens with one attached hydrogen (secondary N) is 1. The molecule has 2 rings (SSSR count). The van der Waals surface area contributed by atoms with Crippen LogP contribution in [0.4, 0.5) is 5.69 Å².